The Balaban J connectivity index is 1.95. The molecule has 1 unspecified atom stereocenters. The Kier molecular flexibility index (Phi) is 4.19. The van der Waals surface area contributed by atoms with E-state index in [0.29, 0.717) is 0 Å². The lowest BCUT2D eigenvalue weighted by Crippen LogP contribution is -1.95. The van der Waals surface area contributed by atoms with Gasteiger partial charge in [-0.25, -0.2) is 0 Å². The van der Waals surface area contributed by atoms with Crippen molar-refractivity contribution in [3.8, 4) is 0 Å². The average Bonchev–Trinajstić information content (AvgIpc) is 2.86. The third-order valence-corrected chi connectivity index (χ3v) is 5.62. The van der Waals surface area contributed by atoms with E-state index < -0.39 is 0 Å². The van der Waals surface area contributed by atoms with E-state index in [1.165, 1.54) is 9.75 Å². The molecule has 0 bridgehead atoms. The van der Waals surface area contributed by atoms with Gasteiger partial charge in [0.2, 0.25) is 0 Å². The van der Waals surface area contributed by atoms with Gasteiger partial charge in [0.25, 0.3) is 0 Å². The predicted molar refractivity (Wildman–Crippen MR) is 74.4 cm³/mol. The number of hydrogen-bond donors (Lipinski definition) is 1. The van der Waals surface area contributed by atoms with Crippen LogP contribution in [0.25, 0.3) is 0 Å². The summed E-state index contributed by atoms with van der Waals surface area (Å²) in [5.74, 6) is 0. The molecule has 0 spiro atoms. The normalized spacial score (nSPS) is 12.9. The van der Waals surface area contributed by atoms with Gasteiger partial charge in [-0.05, 0) is 53.2 Å². The Bertz CT molecular complexity index is 428. The van der Waals surface area contributed by atoms with Crippen LogP contribution in [0.3, 0.4) is 0 Å². The van der Waals surface area contributed by atoms with E-state index in [9.17, 15) is 5.11 Å². The summed E-state index contributed by atoms with van der Waals surface area (Å²) in [6.45, 7) is 2.06. The highest BCUT2D eigenvalue weighted by atomic mass is 79.9. The second kappa shape index (κ2) is 5.45. The molecule has 0 radical (unpaired) electrons. The molecule has 0 aliphatic heterocycles. The fraction of sp³-hybridized carbons (Fsp3) is 0.333. The summed E-state index contributed by atoms with van der Waals surface area (Å²) >= 11 is 6.89. The van der Waals surface area contributed by atoms with Crippen LogP contribution in [0.5, 0.6) is 0 Å². The predicted octanol–water partition coefficient (Wildman–Crippen LogP) is 4.55. The van der Waals surface area contributed by atoms with Crippen LogP contribution in [0.15, 0.2) is 28.1 Å². The molecule has 1 atom stereocenters. The first-order chi connectivity index (χ1) is 7.66. The molecule has 0 aromatic carbocycles. The molecule has 4 heteroatoms. The van der Waals surface area contributed by atoms with E-state index >= 15 is 0 Å². The first-order valence-electron chi connectivity index (χ1n) is 5.13. The van der Waals surface area contributed by atoms with Gasteiger partial charge in [-0.2, -0.15) is 0 Å². The number of aliphatic hydroxyl groups is 1. The first kappa shape index (κ1) is 12.3. The smallest absolute Gasteiger partial charge is 0.0885 e. The van der Waals surface area contributed by atoms with Crippen molar-refractivity contribution < 1.29 is 5.11 Å². The quantitative estimate of drug-likeness (QED) is 0.877. The molecule has 0 amide bonds. The van der Waals surface area contributed by atoms with Gasteiger partial charge in [0, 0.05) is 19.1 Å². The summed E-state index contributed by atoms with van der Waals surface area (Å²) in [5.41, 5.74) is 0. The Morgan fingerprint density at radius 2 is 2.31 bits per heavy atom. The summed E-state index contributed by atoms with van der Waals surface area (Å²) in [6.07, 6.45) is 1.41. The van der Waals surface area contributed by atoms with Crippen LogP contribution in [0, 0.1) is 6.92 Å². The van der Waals surface area contributed by atoms with E-state index in [1.807, 2.05) is 6.07 Å². The van der Waals surface area contributed by atoms with Crippen molar-refractivity contribution in [1.82, 2.24) is 0 Å². The second-order valence-corrected chi connectivity index (χ2v) is 6.86. The van der Waals surface area contributed by atoms with Crippen molar-refractivity contribution in [2.24, 2.45) is 0 Å². The Morgan fingerprint density at radius 3 is 2.88 bits per heavy atom. The lowest BCUT2D eigenvalue weighted by Gasteiger charge is -2.06. The van der Waals surface area contributed by atoms with Crippen molar-refractivity contribution in [2.75, 3.05) is 0 Å². The van der Waals surface area contributed by atoms with Crippen molar-refractivity contribution in [1.29, 1.82) is 0 Å². The minimum atomic E-state index is -0.336. The molecule has 0 fully saturated rings. The fourth-order valence-electron chi connectivity index (χ4n) is 1.52. The molecule has 0 saturated heterocycles. The van der Waals surface area contributed by atoms with E-state index in [1.54, 1.807) is 22.7 Å². The van der Waals surface area contributed by atoms with Crippen LogP contribution in [0.2, 0.25) is 0 Å². The Labute approximate surface area is 112 Å². The van der Waals surface area contributed by atoms with Crippen LogP contribution in [0.4, 0.5) is 0 Å². The van der Waals surface area contributed by atoms with Crippen molar-refractivity contribution >= 4 is 38.6 Å². The summed E-state index contributed by atoms with van der Waals surface area (Å²) in [7, 11) is 0. The highest BCUT2D eigenvalue weighted by Crippen LogP contribution is 2.32. The van der Waals surface area contributed by atoms with Crippen molar-refractivity contribution in [2.45, 2.75) is 25.9 Å². The van der Waals surface area contributed by atoms with E-state index in [4.69, 9.17) is 0 Å². The topological polar surface area (TPSA) is 20.2 Å². The summed E-state index contributed by atoms with van der Waals surface area (Å²) in [6, 6.07) is 6.20. The third kappa shape index (κ3) is 2.94. The van der Waals surface area contributed by atoms with Crippen LogP contribution in [-0.2, 0) is 6.42 Å². The number of hydrogen-bond acceptors (Lipinski definition) is 3. The minimum Gasteiger partial charge on any atom is -0.388 e. The molecule has 0 aliphatic carbocycles. The van der Waals surface area contributed by atoms with Gasteiger partial charge in [-0.1, -0.05) is 6.07 Å². The maximum atomic E-state index is 10.1. The van der Waals surface area contributed by atoms with E-state index in [2.05, 4.69) is 40.4 Å². The van der Waals surface area contributed by atoms with Crippen molar-refractivity contribution in [3.63, 3.8) is 0 Å². The largest absolute Gasteiger partial charge is 0.388 e. The zero-order chi connectivity index (χ0) is 11.5. The van der Waals surface area contributed by atoms with Crippen LogP contribution in [0.1, 0.15) is 27.2 Å². The number of aliphatic hydroxyl groups excluding tert-OH is 1. The van der Waals surface area contributed by atoms with Crippen molar-refractivity contribution in [3.05, 3.63) is 42.7 Å². The SMILES string of the molecule is Cc1sc(C(O)CCc2cccs2)cc1Br. The summed E-state index contributed by atoms with van der Waals surface area (Å²) < 4.78 is 1.10. The van der Waals surface area contributed by atoms with Gasteiger partial charge in [0.15, 0.2) is 0 Å². The van der Waals surface area contributed by atoms with Crippen LogP contribution >= 0.6 is 38.6 Å². The molecule has 2 aromatic heterocycles. The molecule has 0 aliphatic rings. The molecule has 1 N–H and O–H groups in total. The molecule has 2 rings (SSSR count). The van der Waals surface area contributed by atoms with Gasteiger partial charge in [0.05, 0.1) is 6.10 Å². The molecular weight excluding hydrogens is 304 g/mol. The standard InChI is InChI=1S/C12H13BrOS2/c1-8-10(13)7-12(16-8)11(14)5-4-9-3-2-6-15-9/h2-3,6-7,11,14H,4-5H2,1H3. The van der Waals surface area contributed by atoms with Gasteiger partial charge in [-0.3, -0.25) is 0 Å². The van der Waals surface area contributed by atoms with Gasteiger partial charge >= 0.3 is 0 Å². The van der Waals surface area contributed by atoms with Gasteiger partial charge < -0.3 is 5.11 Å². The molecule has 16 heavy (non-hydrogen) atoms. The fourth-order valence-corrected chi connectivity index (χ4v) is 3.83. The monoisotopic (exact) mass is 316 g/mol. The van der Waals surface area contributed by atoms with Crippen LogP contribution < -0.4 is 0 Å². The lowest BCUT2D eigenvalue weighted by molar-refractivity contribution is 0.172. The average molecular weight is 317 g/mol. The Morgan fingerprint density at radius 1 is 1.50 bits per heavy atom. The highest BCUT2D eigenvalue weighted by Gasteiger charge is 2.12. The zero-order valence-electron chi connectivity index (χ0n) is 8.94. The number of halogens is 1. The van der Waals surface area contributed by atoms with Gasteiger partial charge in [0.1, 0.15) is 0 Å². The van der Waals surface area contributed by atoms with Gasteiger partial charge in [-0.15, -0.1) is 22.7 Å². The molecule has 0 saturated carbocycles. The number of aryl methyl sites for hydroxylation is 2. The molecular formula is C12H13BrOS2. The summed E-state index contributed by atoms with van der Waals surface area (Å²) in [4.78, 5) is 3.62. The maximum absolute atomic E-state index is 10.1. The number of rotatable bonds is 4. The third-order valence-electron chi connectivity index (χ3n) is 2.45. The molecule has 2 aromatic rings. The lowest BCUT2D eigenvalue weighted by atomic mass is 10.1. The minimum absolute atomic E-state index is 0.336. The van der Waals surface area contributed by atoms with E-state index in [0.717, 1.165) is 22.2 Å². The Hall–Kier alpha value is -0.160. The summed E-state index contributed by atoms with van der Waals surface area (Å²) in [5, 5.41) is 12.1. The second-order valence-electron chi connectivity index (χ2n) is 3.69. The molecule has 86 valence electrons. The zero-order valence-corrected chi connectivity index (χ0v) is 12.2. The molecule has 2 heterocycles. The number of thiophene rings is 2. The first-order valence-corrected chi connectivity index (χ1v) is 7.62. The maximum Gasteiger partial charge on any atom is 0.0885 e. The van der Waals surface area contributed by atoms with E-state index in [-0.39, 0.29) is 6.10 Å². The molecule has 1 nitrogen and oxygen atoms in total. The van der Waals surface area contributed by atoms with Crippen LogP contribution in [-0.4, -0.2) is 5.11 Å². The highest BCUT2D eigenvalue weighted by molar-refractivity contribution is 9.10.